The SMILES string of the molecule is O=c1oc2c(ccc3ccccc32)c(O)c1Sc1ccccc1. The predicted molar refractivity (Wildman–Crippen MR) is 92.2 cm³/mol. The molecule has 0 spiro atoms. The van der Waals surface area contributed by atoms with E-state index in [-0.39, 0.29) is 10.6 Å². The van der Waals surface area contributed by atoms with Gasteiger partial charge >= 0.3 is 5.63 Å². The Morgan fingerprint density at radius 1 is 0.826 bits per heavy atom. The van der Waals surface area contributed by atoms with Gasteiger partial charge < -0.3 is 9.52 Å². The monoisotopic (exact) mass is 320 g/mol. The zero-order valence-electron chi connectivity index (χ0n) is 12.0. The van der Waals surface area contributed by atoms with Crippen molar-refractivity contribution in [3.8, 4) is 5.75 Å². The molecule has 0 saturated carbocycles. The van der Waals surface area contributed by atoms with Crippen LogP contribution < -0.4 is 5.63 Å². The van der Waals surface area contributed by atoms with Gasteiger partial charge in [-0.05, 0) is 23.6 Å². The minimum absolute atomic E-state index is 0.0316. The standard InChI is InChI=1S/C19H12O3S/c20-16-15-11-10-12-6-4-5-9-14(12)17(15)22-19(21)18(16)23-13-7-2-1-3-8-13/h1-11,20H. The van der Waals surface area contributed by atoms with Crippen LogP contribution in [0.5, 0.6) is 5.75 Å². The Morgan fingerprint density at radius 3 is 2.39 bits per heavy atom. The summed E-state index contributed by atoms with van der Waals surface area (Å²) in [4.78, 5) is 13.4. The van der Waals surface area contributed by atoms with E-state index in [9.17, 15) is 9.90 Å². The van der Waals surface area contributed by atoms with E-state index in [1.54, 1.807) is 6.07 Å². The fourth-order valence-corrected chi connectivity index (χ4v) is 3.45. The molecule has 23 heavy (non-hydrogen) atoms. The first-order chi connectivity index (χ1) is 11.2. The van der Waals surface area contributed by atoms with Crippen LogP contribution in [0.3, 0.4) is 0 Å². The molecule has 4 rings (SSSR count). The number of hydrogen-bond donors (Lipinski definition) is 1. The number of aromatic hydroxyl groups is 1. The van der Waals surface area contributed by atoms with E-state index < -0.39 is 5.63 Å². The van der Waals surface area contributed by atoms with Crippen LogP contribution in [-0.4, -0.2) is 5.11 Å². The molecule has 0 aliphatic heterocycles. The lowest BCUT2D eigenvalue weighted by Gasteiger charge is -2.08. The third kappa shape index (κ3) is 2.37. The maximum Gasteiger partial charge on any atom is 0.354 e. The number of benzene rings is 3. The summed E-state index contributed by atoms with van der Waals surface area (Å²) in [5.74, 6) is -0.0316. The van der Waals surface area contributed by atoms with E-state index in [2.05, 4.69) is 0 Å². The van der Waals surface area contributed by atoms with Crippen molar-refractivity contribution < 1.29 is 9.52 Å². The largest absolute Gasteiger partial charge is 0.506 e. The molecule has 0 atom stereocenters. The predicted octanol–water partition coefficient (Wildman–Crippen LogP) is 4.80. The third-order valence-corrected chi connectivity index (χ3v) is 4.77. The van der Waals surface area contributed by atoms with Crippen LogP contribution in [0.4, 0.5) is 0 Å². The summed E-state index contributed by atoms with van der Waals surface area (Å²) in [5, 5.41) is 12.9. The molecule has 0 saturated heterocycles. The van der Waals surface area contributed by atoms with Gasteiger partial charge in [0.05, 0.1) is 5.39 Å². The highest BCUT2D eigenvalue weighted by molar-refractivity contribution is 7.99. The van der Waals surface area contributed by atoms with Gasteiger partial charge in [-0.15, -0.1) is 0 Å². The first-order valence-corrected chi connectivity index (χ1v) is 7.96. The second kappa shape index (κ2) is 5.48. The van der Waals surface area contributed by atoms with E-state index in [1.165, 1.54) is 11.8 Å². The molecule has 0 bridgehead atoms. The van der Waals surface area contributed by atoms with Crippen LogP contribution in [-0.2, 0) is 0 Å². The van der Waals surface area contributed by atoms with Crippen LogP contribution >= 0.6 is 11.8 Å². The van der Waals surface area contributed by atoms with Gasteiger partial charge in [-0.2, -0.15) is 0 Å². The topological polar surface area (TPSA) is 50.4 Å². The van der Waals surface area contributed by atoms with Gasteiger partial charge in [-0.3, -0.25) is 0 Å². The lowest BCUT2D eigenvalue weighted by molar-refractivity contribution is 0.448. The first-order valence-electron chi connectivity index (χ1n) is 7.14. The molecule has 4 heteroatoms. The van der Waals surface area contributed by atoms with E-state index in [0.717, 1.165) is 15.7 Å². The molecule has 3 nitrogen and oxygen atoms in total. The average molecular weight is 320 g/mol. The fourth-order valence-electron chi connectivity index (χ4n) is 2.59. The van der Waals surface area contributed by atoms with Gasteiger partial charge in [0.2, 0.25) is 0 Å². The smallest absolute Gasteiger partial charge is 0.354 e. The molecule has 3 aromatic carbocycles. The van der Waals surface area contributed by atoms with Crippen LogP contribution in [0.15, 0.2) is 85.7 Å². The van der Waals surface area contributed by atoms with Gasteiger partial charge in [0, 0.05) is 10.3 Å². The second-order valence-electron chi connectivity index (χ2n) is 5.15. The number of hydrogen-bond acceptors (Lipinski definition) is 4. The van der Waals surface area contributed by atoms with Crippen molar-refractivity contribution in [2.45, 2.75) is 9.79 Å². The molecular formula is C19H12O3S. The summed E-state index contributed by atoms with van der Waals surface area (Å²) in [6, 6.07) is 20.8. The molecular weight excluding hydrogens is 308 g/mol. The van der Waals surface area contributed by atoms with E-state index >= 15 is 0 Å². The van der Waals surface area contributed by atoms with Gasteiger partial charge in [-0.1, -0.05) is 60.3 Å². The molecule has 112 valence electrons. The summed E-state index contributed by atoms with van der Waals surface area (Å²) in [6.07, 6.45) is 0. The highest BCUT2D eigenvalue weighted by atomic mass is 32.2. The van der Waals surface area contributed by atoms with Crippen molar-refractivity contribution >= 4 is 33.5 Å². The van der Waals surface area contributed by atoms with Crippen molar-refractivity contribution in [3.63, 3.8) is 0 Å². The van der Waals surface area contributed by atoms with Crippen LogP contribution in [0, 0.1) is 0 Å². The Hall–Kier alpha value is -2.72. The third-order valence-electron chi connectivity index (χ3n) is 3.69. The minimum Gasteiger partial charge on any atom is -0.506 e. The maximum absolute atomic E-state index is 12.4. The zero-order chi connectivity index (χ0) is 15.8. The second-order valence-corrected chi connectivity index (χ2v) is 6.23. The summed E-state index contributed by atoms with van der Waals surface area (Å²) in [5.41, 5.74) is -0.108. The van der Waals surface area contributed by atoms with Crippen molar-refractivity contribution in [2.75, 3.05) is 0 Å². The molecule has 1 heterocycles. The Balaban J connectivity index is 1.97. The van der Waals surface area contributed by atoms with Gasteiger partial charge in [0.25, 0.3) is 0 Å². The first kappa shape index (κ1) is 13.9. The Bertz CT molecular complexity index is 1070. The van der Waals surface area contributed by atoms with Crippen LogP contribution in [0.2, 0.25) is 0 Å². The maximum atomic E-state index is 12.4. The molecule has 0 aliphatic rings. The molecule has 0 unspecified atom stereocenters. The molecule has 0 radical (unpaired) electrons. The summed E-state index contributed by atoms with van der Waals surface area (Å²) in [6.45, 7) is 0. The molecule has 0 aliphatic carbocycles. The van der Waals surface area contributed by atoms with Crippen molar-refractivity contribution in [3.05, 3.63) is 77.2 Å². The Morgan fingerprint density at radius 2 is 1.57 bits per heavy atom. The highest BCUT2D eigenvalue weighted by Crippen LogP contribution is 2.38. The van der Waals surface area contributed by atoms with Crippen LogP contribution in [0.1, 0.15) is 0 Å². The lowest BCUT2D eigenvalue weighted by atomic mass is 10.1. The lowest BCUT2D eigenvalue weighted by Crippen LogP contribution is -2.02. The molecule has 1 N–H and O–H groups in total. The van der Waals surface area contributed by atoms with Crippen molar-refractivity contribution in [1.82, 2.24) is 0 Å². The number of fused-ring (bicyclic) bond motifs is 3. The molecule has 0 amide bonds. The summed E-state index contributed by atoms with van der Waals surface area (Å²) < 4.78 is 5.52. The van der Waals surface area contributed by atoms with E-state index in [1.807, 2.05) is 60.7 Å². The van der Waals surface area contributed by atoms with E-state index in [0.29, 0.717) is 11.0 Å². The summed E-state index contributed by atoms with van der Waals surface area (Å²) in [7, 11) is 0. The molecule has 0 fully saturated rings. The quantitative estimate of drug-likeness (QED) is 0.425. The van der Waals surface area contributed by atoms with Crippen molar-refractivity contribution in [2.24, 2.45) is 0 Å². The van der Waals surface area contributed by atoms with Gasteiger partial charge in [0.1, 0.15) is 16.2 Å². The Labute approximate surface area is 136 Å². The molecule has 4 aromatic rings. The fraction of sp³-hybridized carbons (Fsp3) is 0. The van der Waals surface area contributed by atoms with Crippen LogP contribution in [0.25, 0.3) is 21.7 Å². The highest BCUT2D eigenvalue weighted by Gasteiger charge is 2.16. The van der Waals surface area contributed by atoms with E-state index in [4.69, 9.17) is 4.42 Å². The zero-order valence-corrected chi connectivity index (χ0v) is 12.8. The van der Waals surface area contributed by atoms with Gasteiger partial charge in [0.15, 0.2) is 0 Å². The Kier molecular flexibility index (Phi) is 3.32. The molecule has 1 aromatic heterocycles. The normalized spacial score (nSPS) is 11.1. The van der Waals surface area contributed by atoms with Gasteiger partial charge in [-0.25, -0.2) is 4.79 Å². The number of rotatable bonds is 2. The summed E-state index contributed by atoms with van der Waals surface area (Å²) >= 11 is 1.20. The van der Waals surface area contributed by atoms with Crippen molar-refractivity contribution in [1.29, 1.82) is 0 Å². The average Bonchev–Trinajstić information content (AvgIpc) is 2.59. The minimum atomic E-state index is -0.528.